The topological polar surface area (TPSA) is 35.5 Å². The maximum absolute atomic E-state index is 12.1. The third kappa shape index (κ3) is 4.35. The van der Waals surface area contributed by atoms with Gasteiger partial charge in [-0.05, 0) is 37.1 Å². The maximum atomic E-state index is 12.1. The largest absolute Gasteiger partial charge is 0.497 e. The Balaban J connectivity index is 2.31. The third-order valence-electron chi connectivity index (χ3n) is 3.44. The van der Waals surface area contributed by atoms with Crippen LogP contribution < -0.4 is 4.74 Å². The molecule has 3 heteroatoms. The monoisotopic (exact) mass is 298 g/mol. The summed E-state index contributed by atoms with van der Waals surface area (Å²) in [4.78, 5) is 12.1. The Morgan fingerprint density at radius 3 is 2.32 bits per heavy atom. The van der Waals surface area contributed by atoms with E-state index in [0.717, 1.165) is 16.9 Å². The molecule has 0 radical (unpaired) electrons. The number of methoxy groups -OCH3 is 1. The lowest BCUT2D eigenvalue weighted by molar-refractivity contribution is -0.147. The van der Waals surface area contributed by atoms with Gasteiger partial charge in [0.05, 0.1) is 19.6 Å². The molecule has 22 heavy (non-hydrogen) atoms. The minimum atomic E-state index is -0.188. The predicted octanol–water partition coefficient (Wildman–Crippen LogP) is 4.17. The van der Waals surface area contributed by atoms with E-state index >= 15 is 0 Å². The fourth-order valence-electron chi connectivity index (χ4n) is 2.45. The first kappa shape index (κ1) is 16.1. The van der Waals surface area contributed by atoms with Gasteiger partial charge in [0, 0.05) is 5.92 Å². The smallest absolute Gasteiger partial charge is 0.306 e. The van der Waals surface area contributed by atoms with Crippen LogP contribution in [0.3, 0.4) is 0 Å². The van der Waals surface area contributed by atoms with Gasteiger partial charge in [-0.2, -0.15) is 0 Å². The molecule has 0 amide bonds. The highest BCUT2D eigenvalue weighted by atomic mass is 16.5. The Bertz CT molecular complexity index is 605. The van der Waals surface area contributed by atoms with Crippen molar-refractivity contribution in [1.29, 1.82) is 0 Å². The van der Waals surface area contributed by atoms with Crippen LogP contribution in [-0.2, 0) is 9.53 Å². The van der Waals surface area contributed by atoms with Crippen molar-refractivity contribution in [2.75, 3.05) is 7.11 Å². The minimum absolute atomic E-state index is 0.0393. The standard InChI is InChI=1S/C19H22O3/c1-14(2)22-19(20)13-18(15-8-5-4-6-9-15)16-10-7-11-17(12-16)21-3/h4-12,14,18H,13H2,1-3H3. The molecule has 0 spiro atoms. The second kappa shape index (κ2) is 7.64. The van der Waals surface area contributed by atoms with E-state index in [2.05, 4.69) is 0 Å². The minimum Gasteiger partial charge on any atom is -0.497 e. The fourth-order valence-corrected chi connectivity index (χ4v) is 2.45. The maximum Gasteiger partial charge on any atom is 0.306 e. The van der Waals surface area contributed by atoms with Gasteiger partial charge in [0.1, 0.15) is 5.75 Å². The summed E-state index contributed by atoms with van der Waals surface area (Å²) in [6.45, 7) is 3.72. The number of carbonyl (C=O) groups is 1. The van der Waals surface area contributed by atoms with Crippen LogP contribution in [-0.4, -0.2) is 19.2 Å². The van der Waals surface area contributed by atoms with Crippen LogP contribution in [0.15, 0.2) is 54.6 Å². The number of hydrogen-bond donors (Lipinski definition) is 0. The molecule has 0 N–H and O–H groups in total. The summed E-state index contributed by atoms with van der Waals surface area (Å²) < 4.78 is 10.6. The van der Waals surface area contributed by atoms with Gasteiger partial charge in [-0.3, -0.25) is 4.79 Å². The van der Waals surface area contributed by atoms with Crippen LogP contribution in [0.2, 0.25) is 0 Å². The van der Waals surface area contributed by atoms with E-state index in [0.29, 0.717) is 6.42 Å². The zero-order valence-electron chi connectivity index (χ0n) is 13.3. The average Bonchev–Trinajstić information content (AvgIpc) is 2.53. The van der Waals surface area contributed by atoms with Gasteiger partial charge >= 0.3 is 5.97 Å². The summed E-state index contributed by atoms with van der Waals surface area (Å²) in [6.07, 6.45) is 0.212. The van der Waals surface area contributed by atoms with Gasteiger partial charge in [-0.1, -0.05) is 42.5 Å². The first-order valence-electron chi connectivity index (χ1n) is 7.48. The molecule has 0 aromatic heterocycles. The Kier molecular flexibility index (Phi) is 5.59. The van der Waals surface area contributed by atoms with Crippen molar-refractivity contribution >= 4 is 5.97 Å². The molecule has 0 aliphatic rings. The number of esters is 1. The van der Waals surface area contributed by atoms with Crippen LogP contribution >= 0.6 is 0 Å². The van der Waals surface area contributed by atoms with E-state index in [1.165, 1.54) is 0 Å². The van der Waals surface area contributed by atoms with E-state index in [1.54, 1.807) is 7.11 Å². The van der Waals surface area contributed by atoms with Crippen molar-refractivity contribution in [3.05, 3.63) is 65.7 Å². The lowest BCUT2D eigenvalue weighted by atomic mass is 9.88. The van der Waals surface area contributed by atoms with Crippen LogP contribution in [0.5, 0.6) is 5.75 Å². The summed E-state index contributed by atoms with van der Waals surface area (Å²) in [5.41, 5.74) is 2.14. The van der Waals surface area contributed by atoms with Gasteiger partial charge in [0.15, 0.2) is 0 Å². The number of benzene rings is 2. The summed E-state index contributed by atoms with van der Waals surface area (Å²) in [6, 6.07) is 17.8. The van der Waals surface area contributed by atoms with Crippen molar-refractivity contribution < 1.29 is 14.3 Å². The molecule has 0 heterocycles. The lowest BCUT2D eigenvalue weighted by Gasteiger charge is -2.19. The van der Waals surface area contributed by atoms with Gasteiger partial charge in [0.25, 0.3) is 0 Å². The van der Waals surface area contributed by atoms with Gasteiger partial charge < -0.3 is 9.47 Å². The van der Waals surface area contributed by atoms with Gasteiger partial charge in [-0.25, -0.2) is 0 Å². The van der Waals surface area contributed by atoms with Crippen molar-refractivity contribution in [3.8, 4) is 5.75 Å². The fraction of sp³-hybridized carbons (Fsp3) is 0.316. The molecule has 0 bridgehead atoms. The molecule has 0 aliphatic carbocycles. The van der Waals surface area contributed by atoms with E-state index in [-0.39, 0.29) is 18.0 Å². The highest BCUT2D eigenvalue weighted by Gasteiger charge is 2.20. The molecular weight excluding hydrogens is 276 g/mol. The van der Waals surface area contributed by atoms with E-state index < -0.39 is 0 Å². The number of ether oxygens (including phenoxy) is 2. The molecule has 2 rings (SSSR count). The Morgan fingerprint density at radius 2 is 1.68 bits per heavy atom. The van der Waals surface area contributed by atoms with Crippen LogP contribution in [0, 0.1) is 0 Å². The highest BCUT2D eigenvalue weighted by molar-refractivity contribution is 5.71. The third-order valence-corrected chi connectivity index (χ3v) is 3.44. The summed E-state index contributed by atoms with van der Waals surface area (Å²) in [7, 11) is 1.64. The molecule has 0 saturated heterocycles. The van der Waals surface area contributed by atoms with E-state index in [9.17, 15) is 4.79 Å². The molecule has 0 saturated carbocycles. The van der Waals surface area contributed by atoms with Gasteiger partial charge in [-0.15, -0.1) is 0 Å². The Morgan fingerprint density at radius 1 is 1.00 bits per heavy atom. The molecule has 2 aromatic rings. The van der Waals surface area contributed by atoms with Crippen molar-refractivity contribution in [3.63, 3.8) is 0 Å². The van der Waals surface area contributed by atoms with Crippen LogP contribution in [0.4, 0.5) is 0 Å². The second-order valence-electron chi connectivity index (χ2n) is 5.48. The summed E-state index contributed by atoms with van der Waals surface area (Å²) in [5.74, 6) is 0.560. The zero-order chi connectivity index (χ0) is 15.9. The number of rotatable bonds is 6. The SMILES string of the molecule is COc1cccc(C(CC(=O)OC(C)C)c2ccccc2)c1. The van der Waals surface area contributed by atoms with Crippen molar-refractivity contribution in [1.82, 2.24) is 0 Å². The van der Waals surface area contributed by atoms with Crippen molar-refractivity contribution in [2.24, 2.45) is 0 Å². The Labute approximate surface area is 131 Å². The Hall–Kier alpha value is -2.29. The molecular formula is C19H22O3. The normalized spacial score (nSPS) is 12.0. The summed E-state index contributed by atoms with van der Waals surface area (Å²) >= 11 is 0. The molecule has 3 nitrogen and oxygen atoms in total. The molecule has 1 atom stereocenters. The number of carbonyl (C=O) groups excluding carboxylic acids is 1. The first-order valence-corrected chi connectivity index (χ1v) is 7.48. The molecule has 0 fully saturated rings. The quantitative estimate of drug-likeness (QED) is 0.751. The second-order valence-corrected chi connectivity index (χ2v) is 5.48. The van der Waals surface area contributed by atoms with Crippen LogP contribution in [0.1, 0.15) is 37.3 Å². The average molecular weight is 298 g/mol. The van der Waals surface area contributed by atoms with E-state index in [4.69, 9.17) is 9.47 Å². The molecule has 116 valence electrons. The first-order chi connectivity index (χ1) is 10.6. The zero-order valence-corrected chi connectivity index (χ0v) is 13.3. The molecule has 2 aromatic carbocycles. The van der Waals surface area contributed by atoms with Gasteiger partial charge in [0.2, 0.25) is 0 Å². The number of hydrogen-bond acceptors (Lipinski definition) is 3. The van der Waals surface area contributed by atoms with Crippen molar-refractivity contribution in [2.45, 2.75) is 32.3 Å². The van der Waals surface area contributed by atoms with E-state index in [1.807, 2.05) is 68.4 Å². The highest BCUT2D eigenvalue weighted by Crippen LogP contribution is 2.30. The summed E-state index contributed by atoms with van der Waals surface area (Å²) in [5, 5.41) is 0. The lowest BCUT2D eigenvalue weighted by Crippen LogP contribution is -2.15. The van der Waals surface area contributed by atoms with Crippen LogP contribution in [0.25, 0.3) is 0 Å². The molecule has 1 unspecified atom stereocenters. The molecule has 0 aliphatic heterocycles. The predicted molar refractivity (Wildman–Crippen MR) is 87.1 cm³/mol.